The summed E-state index contributed by atoms with van der Waals surface area (Å²) in [6, 6.07) is 6.27. The number of alkyl halides is 6. The number of hydrogen-bond donors (Lipinski definition) is 2. The van der Waals surface area contributed by atoms with Crippen molar-refractivity contribution in [2.45, 2.75) is 51.1 Å². The van der Waals surface area contributed by atoms with E-state index < -0.39 is 35.4 Å². The van der Waals surface area contributed by atoms with Gasteiger partial charge in [0.05, 0.1) is 22.2 Å². The summed E-state index contributed by atoms with van der Waals surface area (Å²) in [6.45, 7) is 0.314. The average molecular weight is 556 g/mol. The maximum Gasteiger partial charge on any atom is 0.416 e. The smallest absolute Gasteiger partial charge is 0.416 e. The van der Waals surface area contributed by atoms with Crippen LogP contribution in [0.25, 0.3) is 0 Å². The molecule has 12 heteroatoms. The predicted molar refractivity (Wildman–Crippen MR) is 129 cm³/mol. The van der Waals surface area contributed by atoms with Crippen molar-refractivity contribution in [3.05, 3.63) is 58.7 Å². The van der Waals surface area contributed by atoms with Gasteiger partial charge in [0, 0.05) is 19.6 Å². The van der Waals surface area contributed by atoms with Crippen molar-refractivity contribution in [1.29, 1.82) is 0 Å². The second kappa shape index (κ2) is 10.0. The first-order valence-corrected chi connectivity index (χ1v) is 12.7. The minimum absolute atomic E-state index is 0.0774. The highest BCUT2D eigenvalue weighted by atomic mass is 19.4. The lowest BCUT2D eigenvalue weighted by atomic mass is 9.80. The van der Waals surface area contributed by atoms with Gasteiger partial charge < -0.3 is 20.3 Å². The molecule has 2 amide bonds. The van der Waals surface area contributed by atoms with Crippen LogP contribution >= 0.6 is 0 Å². The summed E-state index contributed by atoms with van der Waals surface area (Å²) in [4.78, 5) is 27.2. The van der Waals surface area contributed by atoms with Crippen LogP contribution < -0.4 is 15.4 Å². The SMILES string of the molecule is O=C1COc2ccc(CN(Cc3cc(C(F)(F)F)cc(C(F)(F)F)c3)C(=O)C3(CC4CC4)CCNC3)cc2N1. The van der Waals surface area contributed by atoms with Crippen molar-refractivity contribution in [2.75, 3.05) is 25.0 Å². The standard InChI is InChI=1S/C27H27F6N3O3/c28-26(29,30)19-7-18(8-20(10-19)27(31,32)33)13-36(24(38)25(5-6-34-15-25)11-16-1-2-16)12-17-3-4-22-21(9-17)35-23(37)14-39-22/h3-4,7-10,16,34H,1-2,5-6,11-15H2,(H,35,37). The molecule has 39 heavy (non-hydrogen) atoms. The zero-order chi connectivity index (χ0) is 28.0. The molecule has 210 valence electrons. The van der Waals surface area contributed by atoms with Crippen LogP contribution in [-0.4, -0.2) is 36.4 Å². The Morgan fingerprint density at radius 3 is 2.23 bits per heavy atom. The number of ether oxygens (including phenoxy) is 1. The number of halogens is 6. The van der Waals surface area contributed by atoms with Gasteiger partial charge in [-0.2, -0.15) is 26.3 Å². The largest absolute Gasteiger partial charge is 0.482 e. The molecule has 1 unspecified atom stereocenters. The van der Waals surface area contributed by atoms with Crippen LogP contribution in [0.3, 0.4) is 0 Å². The molecule has 2 aliphatic heterocycles. The first-order valence-electron chi connectivity index (χ1n) is 12.7. The van der Waals surface area contributed by atoms with E-state index in [4.69, 9.17) is 4.74 Å². The van der Waals surface area contributed by atoms with Gasteiger partial charge in [0.15, 0.2) is 6.61 Å². The fourth-order valence-corrected chi connectivity index (χ4v) is 5.38. The summed E-state index contributed by atoms with van der Waals surface area (Å²) in [5.74, 6) is 0.117. The Kier molecular flexibility index (Phi) is 7.02. The van der Waals surface area contributed by atoms with Crippen molar-refractivity contribution in [3.63, 3.8) is 0 Å². The number of hydrogen-bond acceptors (Lipinski definition) is 4. The third kappa shape index (κ3) is 6.15. The maximum absolute atomic E-state index is 14.1. The van der Waals surface area contributed by atoms with E-state index in [-0.39, 0.29) is 36.6 Å². The molecule has 0 aromatic heterocycles. The number of anilines is 1. The number of carbonyl (C=O) groups is 2. The van der Waals surface area contributed by atoms with Crippen molar-refractivity contribution < 1.29 is 40.7 Å². The molecule has 5 rings (SSSR count). The Morgan fingerprint density at radius 2 is 1.64 bits per heavy atom. The molecule has 2 N–H and O–H groups in total. The Hall–Kier alpha value is -3.28. The van der Waals surface area contributed by atoms with Gasteiger partial charge in [0.2, 0.25) is 5.91 Å². The predicted octanol–water partition coefficient (Wildman–Crippen LogP) is 5.36. The molecule has 0 spiro atoms. The fraction of sp³-hybridized carbons (Fsp3) is 0.481. The van der Waals surface area contributed by atoms with E-state index >= 15 is 0 Å². The van der Waals surface area contributed by atoms with Gasteiger partial charge in [-0.1, -0.05) is 18.9 Å². The van der Waals surface area contributed by atoms with Crippen molar-refractivity contribution >= 4 is 17.5 Å². The highest BCUT2D eigenvalue weighted by molar-refractivity contribution is 5.95. The summed E-state index contributed by atoms with van der Waals surface area (Å²) in [5.41, 5.74) is -2.99. The lowest BCUT2D eigenvalue weighted by Gasteiger charge is -2.35. The Labute approximate surface area is 220 Å². The van der Waals surface area contributed by atoms with Crippen LogP contribution in [0.5, 0.6) is 5.75 Å². The summed E-state index contributed by atoms with van der Waals surface area (Å²) in [6.07, 6.45) is -6.87. The summed E-state index contributed by atoms with van der Waals surface area (Å²) >= 11 is 0. The number of nitrogens with zero attached hydrogens (tertiary/aromatic N) is 1. The Balaban J connectivity index is 1.51. The van der Waals surface area contributed by atoms with Crippen LogP contribution in [0.15, 0.2) is 36.4 Å². The van der Waals surface area contributed by atoms with Crippen molar-refractivity contribution in [3.8, 4) is 5.75 Å². The van der Waals surface area contributed by atoms with Crippen LogP contribution in [0.2, 0.25) is 0 Å². The normalized spacial score (nSPS) is 21.2. The molecule has 3 aliphatic rings. The molecule has 2 aromatic carbocycles. The van der Waals surface area contributed by atoms with Gasteiger partial charge in [0.1, 0.15) is 5.75 Å². The Morgan fingerprint density at radius 1 is 0.974 bits per heavy atom. The molecule has 1 saturated heterocycles. The number of benzene rings is 2. The highest BCUT2D eigenvalue weighted by Gasteiger charge is 2.47. The second-order valence-corrected chi connectivity index (χ2v) is 10.6. The topological polar surface area (TPSA) is 70.7 Å². The summed E-state index contributed by atoms with van der Waals surface area (Å²) < 4.78 is 86.5. The molecule has 2 heterocycles. The second-order valence-electron chi connectivity index (χ2n) is 10.6. The van der Waals surface area contributed by atoms with Crippen LogP contribution in [0, 0.1) is 11.3 Å². The van der Waals surface area contributed by atoms with Crippen molar-refractivity contribution in [1.82, 2.24) is 10.2 Å². The van der Waals surface area contributed by atoms with E-state index in [9.17, 15) is 35.9 Å². The van der Waals surface area contributed by atoms with Gasteiger partial charge in [-0.25, -0.2) is 0 Å². The van der Waals surface area contributed by atoms with Crippen LogP contribution in [0.4, 0.5) is 32.0 Å². The number of amides is 2. The molecule has 0 bridgehead atoms. The molecule has 2 fully saturated rings. The van der Waals surface area contributed by atoms with Gasteiger partial charge in [-0.05, 0) is 66.8 Å². The monoisotopic (exact) mass is 555 g/mol. The molecule has 1 saturated carbocycles. The number of carbonyl (C=O) groups excluding carboxylic acids is 2. The molecule has 6 nitrogen and oxygen atoms in total. The van der Waals surface area contributed by atoms with Gasteiger partial charge in [0.25, 0.3) is 5.91 Å². The first kappa shape index (κ1) is 27.3. The molecule has 1 aliphatic carbocycles. The van der Waals surface area contributed by atoms with Crippen molar-refractivity contribution in [2.24, 2.45) is 11.3 Å². The lowest BCUT2D eigenvalue weighted by molar-refractivity contribution is -0.143. The summed E-state index contributed by atoms with van der Waals surface area (Å²) in [7, 11) is 0. The van der Waals surface area contributed by atoms with Gasteiger partial charge in [-0.15, -0.1) is 0 Å². The quantitative estimate of drug-likeness (QED) is 0.452. The lowest BCUT2D eigenvalue weighted by Crippen LogP contribution is -2.45. The van der Waals surface area contributed by atoms with E-state index in [0.717, 1.165) is 12.8 Å². The third-order valence-corrected chi connectivity index (χ3v) is 7.43. The fourth-order valence-electron chi connectivity index (χ4n) is 5.38. The van der Waals surface area contributed by atoms with Crippen LogP contribution in [-0.2, 0) is 35.0 Å². The minimum atomic E-state index is -5.00. The molecule has 2 aromatic rings. The summed E-state index contributed by atoms with van der Waals surface area (Å²) in [5, 5.41) is 5.87. The average Bonchev–Trinajstić information content (AvgIpc) is 3.55. The Bertz CT molecular complexity index is 1230. The van der Waals surface area contributed by atoms with E-state index in [0.29, 0.717) is 61.0 Å². The van der Waals surface area contributed by atoms with E-state index in [1.165, 1.54) is 4.90 Å². The number of fused-ring (bicyclic) bond motifs is 1. The first-order chi connectivity index (χ1) is 18.3. The van der Waals surface area contributed by atoms with Gasteiger partial charge >= 0.3 is 12.4 Å². The van der Waals surface area contributed by atoms with Crippen LogP contribution in [0.1, 0.15) is 47.9 Å². The number of nitrogens with one attached hydrogen (secondary N) is 2. The number of rotatable bonds is 7. The van der Waals surface area contributed by atoms with Gasteiger partial charge in [-0.3, -0.25) is 9.59 Å². The molecular weight excluding hydrogens is 528 g/mol. The molecule has 0 radical (unpaired) electrons. The minimum Gasteiger partial charge on any atom is -0.482 e. The van der Waals surface area contributed by atoms with E-state index in [1.807, 2.05) is 0 Å². The zero-order valence-electron chi connectivity index (χ0n) is 20.8. The van der Waals surface area contributed by atoms with E-state index in [1.54, 1.807) is 18.2 Å². The van der Waals surface area contributed by atoms with E-state index in [2.05, 4.69) is 10.6 Å². The molecule has 1 atom stereocenters. The zero-order valence-corrected chi connectivity index (χ0v) is 20.8. The highest BCUT2D eigenvalue weighted by Crippen LogP contribution is 2.45. The maximum atomic E-state index is 14.1. The third-order valence-electron chi connectivity index (χ3n) is 7.43. The molecular formula is C27H27F6N3O3.